The molecule has 2 aromatic carbocycles. The van der Waals surface area contributed by atoms with Gasteiger partial charge in [0.1, 0.15) is 5.82 Å². The van der Waals surface area contributed by atoms with Gasteiger partial charge in [-0.15, -0.1) is 0 Å². The van der Waals surface area contributed by atoms with Crippen LogP contribution in [0.3, 0.4) is 0 Å². The number of hydrogen-bond acceptors (Lipinski definition) is 4. The number of nitrogens with zero attached hydrogens (tertiary/aromatic N) is 2. The van der Waals surface area contributed by atoms with Gasteiger partial charge in [0, 0.05) is 30.6 Å². The Hall–Kier alpha value is -3.38. The number of allylic oxidation sites excluding steroid dienone is 1. The zero-order valence-corrected chi connectivity index (χ0v) is 19.2. The molecule has 0 saturated heterocycles. The summed E-state index contributed by atoms with van der Waals surface area (Å²) in [5.74, 6) is 0.217. The third-order valence-corrected chi connectivity index (χ3v) is 5.39. The minimum atomic E-state index is -0.476. The number of carbonyl (C=O) groups is 1. The molecular formula is C25H27ClN4O2. The molecule has 1 aromatic heterocycles. The lowest BCUT2D eigenvalue weighted by atomic mass is 9.94. The summed E-state index contributed by atoms with van der Waals surface area (Å²) in [4.78, 5) is 27.7. The van der Waals surface area contributed by atoms with Crippen molar-refractivity contribution >= 4 is 29.4 Å². The molecule has 3 rings (SSSR count). The molecule has 0 aliphatic heterocycles. The first-order valence-electron chi connectivity index (χ1n) is 10.4. The van der Waals surface area contributed by atoms with Crippen molar-refractivity contribution in [3.8, 4) is 5.69 Å². The average molecular weight is 451 g/mol. The van der Waals surface area contributed by atoms with E-state index in [0.717, 1.165) is 33.7 Å². The molecule has 1 atom stereocenters. The van der Waals surface area contributed by atoms with Gasteiger partial charge in [-0.1, -0.05) is 48.9 Å². The number of halogens is 1. The molecule has 166 valence electrons. The van der Waals surface area contributed by atoms with Crippen LogP contribution < -0.4 is 16.7 Å². The summed E-state index contributed by atoms with van der Waals surface area (Å²) in [6, 6.07) is 13.4. The van der Waals surface area contributed by atoms with Crippen molar-refractivity contribution in [3.05, 3.63) is 92.5 Å². The first-order chi connectivity index (χ1) is 15.3. The molecule has 0 fully saturated rings. The van der Waals surface area contributed by atoms with Crippen LogP contribution in [0.15, 0.2) is 59.5 Å². The molecule has 32 heavy (non-hydrogen) atoms. The number of rotatable bonds is 7. The topological polar surface area (TPSA) is 90.0 Å². The van der Waals surface area contributed by atoms with Gasteiger partial charge < -0.3 is 11.1 Å². The third-order valence-electron chi connectivity index (χ3n) is 5.18. The van der Waals surface area contributed by atoms with Crippen LogP contribution in [-0.2, 0) is 11.3 Å². The number of nitrogen functional groups attached to an aromatic ring is 1. The molecule has 1 amide bonds. The number of carbonyl (C=O) groups excluding carboxylic acids is 1. The van der Waals surface area contributed by atoms with Crippen molar-refractivity contribution in [1.82, 2.24) is 14.9 Å². The molecule has 0 saturated carbocycles. The Morgan fingerprint density at radius 1 is 1.25 bits per heavy atom. The molecule has 3 aromatic rings. The largest absolute Gasteiger partial charge is 0.383 e. The van der Waals surface area contributed by atoms with E-state index in [2.05, 4.69) is 29.4 Å². The Morgan fingerprint density at radius 2 is 2.03 bits per heavy atom. The van der Waals surface area contributed by atoms with Gasteiger partial charge in [0.05, 0.1) is 5.69 Å². The van der Waals surface area contributed by atoms with Crippen LogP contribution in [0.1, 0.15) is 48.4 Å². The second-order valence-corrected chi connectivity index (χ2v) is 8.18. The predicted molar refractivity (Wildman–Crippen MR) is 130 cm³/mol. The molecule has 3 N–H and O–H groups in total. The fourth-order valence-electron chi connectivity index (χ4n) is 3.57. The summed E-state index contributed by atoms with van der Waals surface area (Å²) in [6.07, 6.45) is 6.69. The van der Waals surface area contributed by atoms with Gasteiger partial charge in [-0.2, -0.15) is 4.98 Å². The SMILES string of the molecule is CCC(/C=C/c1ccc(CNC(C)=O)c(-n2ccc(N)nc2=O)c1)c1cc(C)cc(Cl)c1. The maximum Gasteiger partial charge on any atom is 0.354 e. The molecule has 0 aliphatic rings. The molecule has 0 spiro atoms. The molecule has 0 bridgehead atoms. The average Bonchev–Trinajstić information content (AvgIpc) is 2.72. The van der Waals surface area contributed by atoms with Gasteiger partial charge in [-0.25, -0.2) is 4.79 Å². The Kier molecular flexibility index (Phi) is 7.49. The minimum absolute atomic E-state index is 0.148. The first-order valence-corrected chi connectivity index (χ1v) is 10.8. The van der Waals surface area contributed by atoms with Crippen molar-refractivity contribution in [1.29, 1.82) is 0 Å². The lowest BCUT2D eigenvalue weighted by molar-refractivity contribution is -0.119. The van der Waals surface area contributed by atoms with E-state index in [1.165, 1.54) is 11.5 Å². The Labute approximate surface area is 192 Å². The highest BCUT2D eigenvalue weighted by molar-refractivity contribution is 6.30. The predicted octanol–water partition coefficient (Wildman–Crippen LogP) is 4.62. The third kappa shape index (κ3) is 5.86. The van der Waals surface area contributed by atoms with Gasteiger partial charge in [0.25, 0.3) is 0 Å². The van der Waals surface area contributed by atoms with Crippen molar-refractivity contribution in [2.24, 2.45) is 0 Å². The summed E-state index contributed by atoms with van der Waals surface area (Å²) >= 11 is 6.25. The Balaban J connectivity index is 1.99. The summed E-state index contributed by atoms with van der Waals surface area (Å²) in [5, 5.41) is 3.51. The van der Waals surface area contributed by atoms with E-state index in [1.54, 1.807) is 12.3 Å². The number of benzene rings is 2. The van der Waals surface area contributed by atoms with Crippen molar-refractivity contribution in [3.63, 3.8) is 0 Å². The highest BCUT2D eigenvalue weighted by Gasteiger charge is 2.11. The van der Waals surface area contributed by atoms with Crippen LogP contribution in [0, 0.1) is 6.92 Å². The van der Waals surface area contributed by atoms with Crippen molar-refractivity contribution in [2.75, 3.05) is 5.73 Å². The van der Waals surface area contributed by atoms with E-state index in [9.17, 15) is 9.59 Å². The number of aryl methyl sites for hydroxylation is 1. The molecule has 1 heterocycles. The van der Waals surface area contributed by atoms with Crippen molar-refractivity contribution < 1.29 is 4.79 Å². The Morgan fingerprint density at radius 3 is 2.69 bits per heavy atom. The zero-order valence-electron chi connectivity index (χ0n) is 18.4. The summed E-state index contributed by atoms with van der Waals surface area (Å²) in [5.41, 5.74) is 9.82. The minimum Gasteiger partial charge on any atom is -0.383 e. The highest BCUT2D eigenvalue weighted by Crippen LogP contribution is 2.27. The second-order valence-electron chi connectivity index (χ2n) is 7.74. The number of amides is 1. The lowest BCUT2D eigenvalue weighted by Crippen LogP contribution is -2.25. The zero-order chi connectivity index (χ0) is 23.3. The molecule has 0 radical (unpaired) electrons. The molecule has 1 unspecified atom stereocenters. The van der Waals surface area contributed by atoms with E-state index < -0.39 is 5.69 Å². The van der Waals surface area contributed by atoms with E-state index in [4.69, 9.17) is 17.3 Å². The van der Waals surface area contributed by atoms with Crippen LogP contribution in [0.2, 0.25) is 5.02 Å². The van der Waals surface area contributed by atoms with Gasteiger partial charge in [0.2, 0.25) is 5.91 Å². The number of anilines is 1. The number of nitrogens with two attached hydrogens (primary N) is 1. The fourth-order valence-corrected chi connectivity index (χ4v) is 3.86. The number of nitrogens with one attached hydrogen (secondary N) is 1. The molecule has 0 aliphatic carbocycles. The van der Waals surface area contributed by atoms with Gasteiger partial charge >= 0.3 is 5.69 Å². The van der Waals surface area contributed by atoms with Crippen molar-refractivity contribution in [2.45, 2.75) is 39.7 Å². The van der Waals surface area contributed by atoms with E-state index in [0.29, 0.717) is 12.2 Å². The number of hydrogen-bond donors (Lipinski definition) is 2. The summed E-state index contributed by atoms with van der Waals surface area (Å²) in [7, 11) is 0. The maximum atomic E-state index is 12.5. The molecule has 6 nitrogen and oxygen atoms in total. The second kappa shape index (κ2) is 10.3. The van der Waals surface area contributed by atoms with Gasteiger partial charge in [0.15, 0.2) is 0 Å². The van der Waals surface area contributed by atoms with Crippen LogP contribution >= 0.6 is 11.6 Å². The smallest absolute Gasteiger partial charge is 0.354 e. The molecule has 7 heteroatoms. The number of aromatic nitrogens is 2. The van der Waals surface area contributed by atoms with Gasteiger partial charge in [-0.3, -0.25) is 9.36 Å². The van der Waals surface area contributed by atoms with Crippen LogP contribution in [-0.4, -0.2) is 15.5 Å². The van der Waals surface area contributed by atoms with E-state index in [1.807, 2.05) is 43.3 Å². The van der Waals surface area contributed by atoms with Crippen LogP contribution in [0.4, 0.5) is 5.82 Å². The highest BCUT2D eigenvalue weighted by atomic mass is 35.5. The fraction of sp³-hybridized carbons (Fsp3) is 0.240. The van der Waals surface area contributed by atoms with Crippen LogP contribution in [0.25, 0.3) is 11.8 Å². The van der Waals surface area contributed by atoms with E-state index >= 15 is 0 Å². The monoisotopic (exact) mass is 450 g/mol. The normalized spacial score (nSPS) is 12.1. The summed E-state index contributed by atoms with van der Waals surface area (Å²) < 4.78 is 1.43. The van der Waals surface area contributed by atoms with Gasteiger partial charge in [-0.05, 0) is 59.9 Å². The quantitative estimate of drug-likeness (QED) is 0.549. The Bertz CT molecular complexity index is 1200. The summed E-state index contributed by atoms with van der Waals surface area (Å²) in [6.45, 7) is 5.91. The lowest BCUT2D eigenvalue weighted by Gasteiger charge is -2.14. The first kappa shape index (κ1) is 23.3. The maximum absolute atomic E-state index is 12.5. The van der Waals surface area contributed by atoms with Crippen LogP contribution in [0.5, 0.6) is 0 Å². The van der Waals surface area contributed by atoms with E-state index in [-0.39, 0.29) is 17.6 Å². The standard InChI is InChI=1S/C25H27ClN4O2/c1-4-19(21-11-16(2)12-22(26)14-21)7-5-18-6-8-20(15-28-17(3)31)23(13-18)30-10-9-24(27)29-25(30)32/h5-14,19H,4,15H2,1-3H3,(H,28,31)(H2,27,29,32)/b7-5+. The molecular weight excluding hydrogens is 424 g/mol.